The second kappa shape index (κ2) is 10.5. The molecular formula is C40H22N4OS. The van der Waals surface area contributed by atoms with Crippen LogP contribution in [-0.4, -0.2) is 15.0 Å². The lowest BCUT2D eigenvalue weighted by molar-refractivity contribution is 0.669. The van der Waals surface area contributed by atoms with Gasteiger partial charge in [0.1, 0.15) is 11.2 Å². The average molecular weight is 613 g/mol. The predicted molar refractivity (Wildman–Crippen MR) is 186 cm³/mol. The molecular weight excluding hydrogens is 585 g/mol. The van der Waals surface area contributed by atoms with E-state index in [-0.39, 0.29) is 57.0 Å². The molecule has 0 bridgehead atoms. The van der Waals surface area contributed by atoms with Gasteiger partial charge in [0, 0.05) is 47.6 Å². The van der Waals surface area contributed by atoms with E-state index in [0.717, 1.165) is 36.9 Å². The van der Waals surface area contributed by atoms with Crippen LogP contribution in [0.1, 0.15) is 13.8 Å². The van der Waals surface area contributed by atoms with Gasteiger partial charge in [0.25, 0.3) is 0 Å². The van der Waals surface area contributed by atoms with Crippen molar-refractivity contribution < 1.29 is 12.6 Å². The smallest absolute Gasteiger partial charge is 0.165 e. The maximum atomic E-state index is 9.64. The summed E-state index contributed by atoms with van der Waals surface area (Å²) in [5, 5.41) is 11.7. The van der Waals surface area contributed by atoms with Gasteiger partial charge in [-0.3, -0.25) is 0 Å². The largest absolute Gasteiger partial charge is 0.456 e. The second-order valence-electron chi connectivity index (χ2n) is 10.7. The van der Waals surface area contributed by atoms with Crippen molar-refractivity contribution in [1.29, 1.82) is 5.26 Å². The fourth-order valence-corrected chi connectivity index (χ4v) is 6.87. The van der Waals surface area contributed by atoms with Crippen molar-refractivity contribution in [1.82, 2.24) is 15.0 Å². The van der Waals surface area contributed by atoms with Crippen LogP contribution in [0.25, 0.3) is 87.4 Å². The highest BCUT2D eigenvalue weighted by Gasteiger charge is 2.18. The number of furan rings is 1. The number of aromatic nitrogens is 3. The molecule has 3 aromatic heterocycles. The molecule has 6 heteroatoms. The monoisotopic (exact) mass is 612 g/mol. The summed E-state index contributed by atoms with van der Waals surface area (Å²) in [6.45, 7) is 0. The third kappa shape index (κ3) is 4.34. The topological polar surface area (TPSA) is 75.6 Å². The molecule has 0 saturated carbocycles. The molecule has 0 aliphatic rings. The van der Waals surface area contributed by atoms with Gasteiger partial charge in [-0.15, -0.1) is 11.3 Å². The van der Waals surface area contributed by atoms with E-state index in [0.29, 0.717) is 17.2 Å². The Morgan fingerprint density at radius 2 is 1.28 bits per heavy atom. The highest BCUT2D eigenvalue weighted by Crippen LogP contribution is 2.40. The van der Waals surface area contributed by atoms with Crippen LogP contribution in [0.15, 0.2) is 138 Å². The summed E-state index contributed by atoms with van der Waals surface area (Å²) in [5.41, 5.74) is 2.67. The highest BCUT2D eigenvalue weighted by molar-refractivity contribution is 7.26. The van der Waals surface area contributed by atoms with Crippen molar-refractivity contribution in [3.05, 3.63) is 139 Å². The molecule has 9 aromatic rings. The minimum absolute atomic E-state index is 0.0211. The van der Waals surface area contributed by atoms with E-state index in [2.05, 4.69) is 18.2 Å². The van der Waals surface area contributed by atoms with Crippen molar-refractivity contribution in [3.63, 3.8) is 0 Å². The van der Waals surface area contributed by atoms with Gasteiger partial charge in [-0.2, -0.15) is 5.26 Å². The highest BCUT2D eigenvalue weighted by atomic mass is 32.1. The molecule has 9 rings (SSSR count). The van der Waals surface area contributed by atoms with Crippen LogP contribution < -0.4 is 0 Å². The van der Waals surface area contributed by atoms with Crippen molar-refractivity contribution in [2.24, 2.45) is 0 Å². The number of nitrogens with zero attached hydrogens (tertiary/aromatic N) is 4. The molecule has 214 valence electrons. The molecule has 3 heterocycles. The SMILES string of the molecule is [2H]c1c(C#N)c([2H])c2c(oc3c([2H])c(-c4nc(-c5ccc(-c6ccccc6)cc5)nc(-c5cccc6c5sc5ccccc56)n4)c([2H])c([2H])c32)c1[2H]. The predicted octanol–water partition coefficient (Wildman–Crippen LogP) is 10.7. The first-order valence-corrected chi connectivity index (χ1v) is 15.3. The first-order chi connectivity index (χ1) is 25.2. The Labute approximate surface area is 276 Å². The minimum atomic E-state index is -0.483. The molecule has 0 unspecified atom stereocenters. The number of benzene rings is 6. The van der Waals surface area contributed by atoms with Crippen molar-refractivity contribution in [2.75, 3.05) is 0 Å². The molecule has 0 fully saturated rings. The summed E-state index contributed by atoms with van der Waals surface area (Å²) in [5.74, 6) is 0.595. The van der Waals surface area contributed by atoms with Gasteiger partial charge in [-0.05, 0) is 53.5 Å². The molecule has 0 atom stereocenters. The summed E-state index contributed by atoms with van der Waals surface area (Å²) >= 11 is 1.61. The zero-order valence-electron chi connectivity index (χ0n) is 29.8. The number of hydrogen-bond acceptors (Lipinski definition) is 6. The number of hydrogen-bond donors (Lipinski definition) is 0. The van der Waals surface area contributed by atoms with Gasteiger partial charge in [-0.1, -0.05) is 91.0 Å². The van der Waals surface area contributed by atoms with Gasteiger partial charge in [-0.25, -0.2) is 15.0 Å². The first-order valence-electron chi connectivity index (χ1n) is 17.4. The third-order valence-electron chi connectivity index (χ3n) is 7.88. The Bertz CT molecular complexity index is 2990. The summed E-state index contributed by atoms with van der Waals surface area (Å²) < 4.78 is 60.9. The Kier molecular flexibility index (Phi) is 4.72. The van der Waals surface area contributed by atoms with Gasteiger partial charge in [0.2, 0.25) is 0 Å². The summed E-state index contributed by atoms with van der Waals surface area (Å²) in [6.07, 6.45) is 0. The average Bonchev–Trinajstić information content (AvgIpc) is 3.77. The van der Waals surface area contributed by atoms with Gasteiger partial charge < -0.3 is 4.42 Å². The van der Waals surface area contributed by atoms with E-state index in [1.807, 2.05) is 78.9 Å². The van der Waals surface area contributed by atoms with Crippen LogP contribution in [0.2, 0.25) is 0 Å². The Morgan fingerprint density at radius 3 is 2.13 bits per heavy atom. The van der Waals surface area contributed by atoms with E-state index in [1.54, 1.807) is 17.4 Å². The molecule has 0 N–H and O–H groups in total. The van der Waals surface area contributed by atoms with E-state index in [4.69, 9.17) is 26.2 Å². The van der Waals surface area contributed by atoms with Crippen LogP contribution in [-0.2, 0) is 0 Å². The normalized spacial score (nSPS) is 13.3. The molecule has 0 radical (unpaired) electrons. The van der Waals surface area contributed by atoms with Gasteiger partial charge in [0.15, 0.2) is 17.5 Å². The lowest BCUT2D eigenvalue weighted by Crippen LogP contribution is -2.00. The summed E-state index contributed by atoms with van der Waals surface area (Å²) in [6, 6.07) is 31.2. The van der Waals surface area contributed by atoms with Crippen LogP contribution in [0.5, 0.6) is 0 Å². The molecule has 0 amide bonds. The van der Waals surface area contributed by atoms with Crippen molar-refractivity contribution >= 4 is 53.4 Å². The van der Waals surface area contributed by atoms with Crippen LogP contribution in [0.4, 0.5) is 0 Å². The number of rotatable bonds is 4. The first kappa shape index (κ1) is 20.7. The number of fused-ring (bicyclic) bond motifs is 6. The molecule has 0 aliphatic carbocycles. The Balaban J connectivity index is 1.32. The lowest BCUT2D eigenvalue weighted by atomic mass is 10.0. The fourth-order valence-electron chi connectivity index (χ4n) is 5.66. The lowest BCUT2D eigenvalue weighted by Gasteiger charge is -2.10. The molecule has 6 aromatic carbocycles. The maximum Gasteiger partial charge on any atom is 0.165 e. The molecule has 0 aliphatic heterocycles. The van der Waals surface area contributed by atoms with Gasteiger partial charge in [0.05, 0.1) is 19.9 Å². The molecule has 0 spiro atoms. The fraction of sp³-hybridized carbons (Fsp3) is 0. The van der Waals surface area contributed by atoms with E-state index in [9.17, 15) is 6.63 Å². The van der Waals surface area contributed by atoms with Crippen molar-refractivity contribution in [2.45, 2.75) is 0 Å². The molecule has 46 heavy (non-hydrogen) atoms. The zero-order valence-corrected chi connectivity index (χ0v) is 24.7. The number of nitriles is 1. The second-order valence-corrected chi connectivity index (χ2v) is 11.7. The van der Waals surface area contributed by atoms with E-state index in [1.165, 1.54) is 0 Å². The van der Waals surface area contributed by atoms with Crippen LogP contribution in [0, 0.1) is 11.3 Å². The Morgan fingerprint density at radius 1 is 0.565 bits per heavy atom. The van der Waals surface area contributed by atoms with E-state index >= 15 is 0 Å². The maximum absolute atomic E-state index is 9.64. The number of thiophene rings is 1. The minimum Gasteiger partial charge on any atom is -0.456 e. The van der Waals surface area contributed by atoms with Gasteiger partial charge >= 0.3 is 0 Å². The van der Waals surface area contributed by atoms with Crippen LogP contribution >= 0.6 is 11.3 Å². The van der Waals surface area contributed by atoms with Crippen LogP contribution in [0.3, 0.4) is 0 Å². The Hall–Kier alpha value is -6.16. The third-order valence-corrected chi connectivity index (χ3v) is 9.10. The summed E-state index contributed by atoms with van der Waals surface area (Å²) in [4.78, 5) is 14.6. The standard InChI is InChI=1S/C40H22N4OS/c41-23-24-13-20-34-33(21-24)29-19-18-28(22-35(29)45-34)39-42-38(27-16-14-26(15-17-27)25-7-2-1-3-8-25)43-40(44-39)32-11-6-10-31-30-9-4-5-12-36(30)46-37(31)32/h1-22H/i13D,18D,19D,20D,21D,22D. The van der Waals surface area contributed by atoms with E-state index < -0.39 is 18.1 Å². The summed E-state index contributed by atoms with van der Waals surface area (Å²) in [7, 11) is 0. The molecule has 0 saturated heterocycles. The quantitative estimate of drug-likeness (QED) is 0.198. The van der Waals surface area contributed by atoms with Crippen molar-refractivity contribution in [3.8, 4) is 51.4 Å². The zero-order chi connectivity index (χ0) is 35.8. The molecule has 5 nitrogen and oxygen atoms in total.